The maximum absolute atomic E-state index is 5.84. The number of fused-ring (bicyclic) bond motifs is 1. The third kappa shape index (κ3) is 2.25. The molecule has 0 amide bonds. The van der Waals surface area contributed by atoms with Gasteiger partial charge < -0.3 is 4.74 Å². The van der Waals surface area contributed by atoms with Crippen LogP contribution in [0.25, 0.3) is 10.9 Å². The third-order valence-electron chi connectivity index (χ3n) is 3.41. The van der Waals surface area contributed by atoms with Crippen molar-refractivity contribution < 1.29 is 4.74 Å². The molecule has 1 fully saturated rings. The topological polar surface area (TPSA) is 22.1 Å². The Labute approximate surface area is 106 Å². The second-order valence-corrected chi connectivity index (χ2v) is 5.12. The van der Waals surface area contributed by atoms with E-state index in [2.05, 4.69) is 29.7 Å². The number of aromatic nitrogens is 1. The van der Waals surface area contributed by atoms with E-state index in [0.29, 0.717) is 5.41 Å². The predicted molar refractivity (Wildman–Crippen MR) is 72.8 cm³/mol. The van der Waals surface area contributed by atoms with Crippen molar-refractivity contribution in [2.75, 3.05) is 12.4 Å². The summed E-state index contributed by atoms with van der Waals surface area (Å²) in [6.45, 7) is 0.773. The van der Waals surface area contributed by atoms with Crippen LogP contribution in [-0.4, -0.2) is 17.3 Å². The average Bonchev–Trinajstić information content (AvgIpc) is 3.17. The minimum absolute atomic E-state index is 0.336. The highest BCUT2D eigenvalue weighted by Gasteiger charge is 2.42. The Morgan fingerprint density at radius 3 is 2.94 bits per heavy atom. The van der Waals surface area contributed by atoms with E-state index in [1.54, 1.807) is 0 Å². The fraction of sp³-hybridized carbons (Fsp3) is 0.357. The molecule has 1 heterocycles. The van der Waals surface area contributed by atoms with Gasteiger partial charge in [-0.15, -0.1) is 0 Å². The molecule has 1 aromatic heterocycles. The maximum Gasteiger partial charge on any atom is 0.121 e. The lowest BCUT2D eigenvalue weighted by molar-refractivity contribution is 0.251. The van der Waals surface area contributed by atoms with Crippen LogP contribution in [0.4, 0.5) is 0 Å². The Morgan fingerprint density at radius 1 is 1.29 bits per heavy atom. The summed E-state index contributed by atoms with van der Waals surface area (Å²) in [5.41, 5.74) is 1.32. The number of nitrogens with zero attached hydrogens (tertiary/aromatic N) is 1. The zero-order valence-electron chi connectivity index (χ0n) is 9.60. The Morgan fingerprint density at radius 2 is 2.18 bits per heavy atom. The fourth-order valence-corrected chi connectivity index (χ4v) is 2.30. The predicted octanol–water partition coefficient (Wildman–Crippen LogP) is 3.32. The lowest BCUT2D eigenvalue weighted by Crippen LogP contribution is -2.14. The van der Waals surface area contributed by atoms with Gasteiger partial charge in [-0.2, -0.15) is 12.6 Å². The first-order valence-electron chi connectivity index (χ1n) is 5.90. The molecule has 1 saturated carbocycles. The van der Waals surface area contributed by atoms with E-state index in [4.69, 9.17) is 4.74 Å². The number of rotatable bonds is 4. The molecule has 0 radical (unpaired) electrons. The van der Waals surface area contributed by atoms with Crippen LogP contribution < -0.4 is 4.74 Å². The normalized spacial score (nSPS) is 17.0. The van der Waals surface area contributed by atoms with Gasteiger partial charge in [0.2, 0.25) is 0 Å². The van der Waals surface area contributed by atoms with Gasteiger partial charge in [0.05, 0.1) is 12.1 Å². The van der Waals surface area contributed by atoms with Crippen LogP contribution in [0.15, 0.2) is 36.5 Å². The first-order valence-corrected chi connectivity index (χ1v) is 6.53. The summed E-state index contributed by atoms with van der Waals surface area (Å²) in [6.07, 6.45) is 4.28. The summed E-state index contributed by atoms with van der Waals surface area (Å²) < 4.78 is 5.84. The van der Waals surface area contributed by atoms with Crippen LogP contribution in [0.2, 0.25) is 0 Å². The molecule has 1 aliphatic carbocycles. The highest BCUT2D eigenvalue weighted by molar-refractivity contribution is 7.80. The molecule has 0 aliphatic heterocycles. The largest absolute Gasteiger partial charge is 0.493 e. The van der Waals surface area contributed by atoms with Crippen molar-refractivity contribution in [1.29, 1.82) is 0 Å². The van der Waals surface area contributed by atoms with Crippen molar-refractivity contribution in [2.24, 2.45) is 5.41 Å². The van der Waals surface area contributed by atoms with E-state index in [0.717, 1.165) is 29.0 Å². The molecule has 88 valence electrons. The van der Waals surface area contributed by atoms with Gasteiger partial charge in [0.15, 0.2) is 0 Å². The van der Waals surface area contributed by atoms with E-state index in [1.807, 2.05) is 24.4 Å². The van der Waals surface area contributed by atoms with Gasteiger partial charge in [0.1, 0.15) is 5.75 Å². The van der Waals surface area contributed by atoms with Gasteiger partial charge in [0, 0.05) is 23.1 Å². The minimum atomic E-state index is 0.336. The summed E-state index contributed by atoms with van der Waals surface area (Å²) in [5.74, 6) is 1.82. The highest BCUT2D eigenvalue weighted by atomic mass is 32.1. The summed E-state index contributed by atoms with van der Waals surface area (Å²) in [7, 11) is 0. The molecule has 2 aromatic rings. The first kappa shape index (κ1) is 10.9. The lowest BCUT2D eigenvalue weighted by Gasteiger charge is -2.13. The van der Waals surface area contributed by atoms with Crippen molar-refractivity contribution in [2.45, 2.75) is 12.8 Å². The van der Waals surface area contributed by atoms with Crippen molar-refractivity contribution in [1.82, 2.24) is 4.98 Å². The Balaban J connectivity index is 1.77. The van der Waals surface area contributed by atoms with Gasteiger partial charge in [-0.05, 0) is 36.8 Å². The van der Waals surface area contributed by atoms with E-state index >= 15 is 0 Å². The Bertz CT molecular complexity index is 536. The maximum atomic E-state index is 5.84. The molecule has 1 aliphatic rings. The molecular formula is C14H15NOS. The molecule has 0 unspecified atom stereocenters. The number of benzene rings is 1. The number of thiol groups is 1. The highest BCUT2D eigenvalue weighted by Crippen LogP contribution is 2.46. The SMILES string of the molecule is SCC1(COc2ccc3cccnc3c2)CC1. The summed E-state index contributed by atoms with van der Waals surface area (Å²) in [6, 6.07) is 10.1. The molecular weight excluding hydrogens is 230 g/mol. The van der Waals surface area contributed by atoms with Gasteiger partial charge in [-0.3, -0.25) is 4.98 Å². The second-order valence-electron chi connectivity index (χ2n) is 4.80. The molecule has 0 atom stereocenters. The molecule has 0 N–H and O–H groups in total. The van der Waals surface area contributed by atoms with Gasteiger partial charge >= 0.3 is 0 Å². The Hall–Kier alpha value is -1.22. The number of hydrogen-bond donors (Lipinski definition) is 1. The fourth-order valence-electron chi connectivity index (χ4n) is 1.90. The lowest BCUT2D eigenvalue weighted by atomic mass is 10.1. The molecule has 0 bridgehead atoms. The van der Waals surface area contributed by atoms with Crippen molar-refractivity contribution in [3.63, 3.8) is 0 Å². The molecule has 1 aromatic carbocycles. The van der Waals surface area contributed by atoms with Crippen molar-refractivity contribution >= 4 is 23.5 Å². The first-order chi connectivity index (χ1) is 8.31. The summed E-state index contributed by atoms with van der Waals surface area (Å²) >= 11 is 4.38. The Kier molecular flexibility index (Phi) is 2.71. The van der Waals surface area contributed by atoms with E-state index in [1.165, 1.54) is 12.8 Å². The zero-order valence-corrected chi connectivity index (χ0v) is 10.5. The van der Waals surface area contributed by atoms with E-state index in [9.17, 15) is 0 Å². The third-order valence-corrected chi connectivity index (χ3v) is 4.09. The molecule has 2 nitrogen and oxygen atoms in total. The smallest absolute Gasteiger partial charge is 0.121 e. The van der Waals surface area contributed by atoms with Crippen LogP contribution in [0, 0.1) is 5.41 Å². The second kappa shape index (κ2) is 4.22. The van der Waals surface area contributed by atoms with Gasteiger partial charge in [-0.1, -0.05) is 6.07 Å². The summed E-state index contributed by atoms with van der Waals surface area (Å²) in [5, 5.41) is 1.15. The van der Waals surface area contributed by atoms with Crippen molar-refractivity contribution in [3.05, 3.63) is 36.5 Å². The van der Waals surface area contributed by atoms with Gasteiger partial charge in [-0.25, -0.2) is 0 Å². The van der Waals surface area contributed by atoms with Crippen LogP contribution >= 0.6 is 12.6 Å². The molecule has 3 heteroatoms. The summed E-state index contributed by atoms with van der Waals surface area (Å²) in [4.78, 5) is 4.33. The zero-order chi connectivity index (χ0) is 11.7. The molecule has 3 rings (SSSR count). The van der Waals surface area contributed by atoms with Gasteiger partial charge in [0.25, 0.3) is 0 Å². The van der Waals surface area contributed by atoms with Crippen LogP contribution in [0.5, 0.6) is 5.75 Å². The average molecular weight is 245 g/mol. The standard InChI is InChI=1S/C14H15NOS/c17-10-14(5-6-14)9-16-12-4-3-11-2-1-7-15-13(11)8-12/h1-4,7-8,17H,5-6,9-10H2. The monoisotopic (exact) mass is 245 g/mol. The molecule has 17 heavy (non-hydrogen) atoms. The van der Waals surface area contributed by atoms with Crippen LogP contribution in [-0.2, 0) is 0 Å². The number of ether oxygens (including phenoxy) is 1. The molecule has 0 spiro atoms. The number of hydrogen-bond acceptors (Lipinski definition) is 3. The van der Waals surface area contributed by atoms with Crippen LogP contribution in [0.3, 0.4) is 0 Å². The van der Waals surface area contributed by atoms with E-state index < -0.39 is 0 Å². The quantitative estimate of drug-likeness (QED) is 0.835. The minimum Gasteiger partial charge on any atom is -0.493 e. The molecule has 0 saturated heterocycles. The van der Waals surface area contributed by atoms with Crippen LogP contribution in [0.1, 0.15) is 12.8 Å². The van der Waals surface area contributed by atoms with E-state index in [-0.39, 0.29) is 0 Å². The van der Waals surface area contributed by atoms with Crippen molar-refractivity contribution in [3.8, 4) is 5.75 Å². The number of pyridine rings is 1.